The first-order valence-corrected chi connectivity index (χ1v) is 6.66. The molecule has 0 aromatic carbocycles. The highest BCUT2D eigenvalue weighted by molar-refractivity contribution is 7.99. The predicted molar refractivity (Wildman–Crippen MR) is 65.6 cm³/mol. The van der Waals surface area contributed by atoms with Crippen LogP contribution in [0.1, 0.15) is 38.4 Å². The number of rotatable bonds is 7. The minimum atomic E-state index is -0.774. The molecule has 0 saturated carbocycles. The molecule has 90 valence electrons. The van der Waals surface area contributed by atoms with Gasteiger partial charge >= 0.3 is 5.97 Å². The van der Waals surface area contributed by atoms with Crippen LogP contribution in [0.5, 0.6) is 0 Å². The molecule has 0 aliphatic carbocycles. The van der Waals surface area contributed by atoms with Crippen molar-refractivity contribution in [1.29, 1.82) is 0 Å². The van der Waals surface area contributed by atoms with Crippen LogP contribution in [0, 0.1) is 0 Å². The molecule has 0 radical (unpaired) electrons. The standard InChI is InChI=1S/C11H18N2O2S/c1-3-10(4-2)13-6-5-9(12-13)7-16-8-11(14)15/h5-6,10H,3-4,7-8H2,1-2H3,(H,14,15). The summed E-state index contributed by atoms with van der Waals surface area (Å²) in [5.74, 6) is 0.0292. The van der Waals surface area contributed by atoms with Crippen LogP contribution in [0.2, 0.25) is 0 Å². The molecular weight excluding hydrogens is 224 g/mol. The molecule has 0 aliphatic rings. The predicted octanol–water partition coefficient (Wildman–Crippen LogP) is 2.56. The SMILES string of the molecule is CCC(CC)n1ccc(CSCC(=O)O)n1. The molecule has 0 unspecified atom stereocenters. The lowest BCUT2D eigenvalue weighted by atomic mass is 10.2. The summed E-state index contributed by atoms with van der Waals surface area (Å²) >= 11 is 1.38. The highest BCUT2D eigenvalue weighted by Crippen LogP contribution is 2.16. The Balaban J connectivity index is 2.47. The van der Waals surface area contributed by atoms with E-state index in [1.54, 1.807) is 0 Å². The van der Waals surface area contributed by atoms with Gasteiger partial charge in [-0.15, -0.1) is 11.8 Å². The van der Waals surface area contributed by atoms with Crippen LogP contribution in [0.25, 0.3) is 0 Å². The van der Waals surface area contributed by atoms with Gasteiger partial charge in [-0.3, -0.25) is 9.48 Å². The molecule has 1 rings (SSSR count). The summed E-state index contributed by atoms with van der Waals surface area (Å²) in [5, 5.41) is 13.0. The Kier molecular flexibility index (Phi) is 5.38. The zero-order valence-corrected chi connectivity index (χ0v) is 10.5. The minimum absolute atomic E-state index is 0.137. The van der Waals surface area contributed by atoms with Gasteiger partial charge in [0.1, 0.15) is 0 Å². The van der Waals surface area contributed by atoms with Gasteiger partial charge in [0.05, 0.1) is 17.5 Å². The van der Waals surface area contributed by atoms with E-state index in [1.807, 2.05) is 16.9 Å². The number of hydrogen-bond acceptors (Lipinski definition) is 3. The molecular formula is C11H18N2O2S. The Morgan fingerprint density at radius 2 is 2.25 bits per heavy atom. The van der Waals surface area contributed by atoms with Crippen LogP contribution in [-0.4, -0.2) is 26.6 Å². The number of hydrogen-bond donors (Lipinski definition) is 1. The number of thioether (sulfide) groups is 1. The van der Waals surface area contributed by atoms with Crippen molar-refractivity contribution in [2.45, 2.75) is 38.5 Å². The van der Waals surface area contributed by atoms with E-state index in [0.717, 1.165) is 18.5 Å². The molecule has 1 heterocycles. The molecule has 0 aliphatic heterocycles. The average Bonchev–Trinajstić information content (AvgIpc) is 2.68. The second-order valence-electron chi connectivity index (χ2n) is 3.64. The molecule has 0 bridgehead atoms. The first-order valence-electron chi connectivity index (χ1n) is 5.50. The molecule has 0 spiro atoms. The monoisotopic (exact) mass is 242 g/mol. The third kappa shape index (κ3) is 3.89. The van der Waals surface area contributed by atoms with Crippen LogP contribution in [0.3, 0.4) is 0 Å². The van der Waals surface area contributed by atoms with Gasteiger partial charge in [0.15, 0.2) is 0 Å². The highest BCUT2D eigenvalue weighted by atomic mass is 32.2. The first-order chi connectivity index (χ1) is 7.67. The van der Waals surface area contributed by atoms with Gasteiger partial charge in [-0.2, -0.15) is 5.10 Å². The summed E-state index contributed by atoms with van der Waals surface area (Å²) in [6, 6.07) is 2.42. The molecule has 0 saturated heterocycles. The fourth-order valence-corrected chi connectivity index (χ4v) is 2.20. The summed E-state index contributed by atoms with van der Waals surface area (Å²) in [4.78, 5) is 10.3. The molecule has 0 atom stereocenters. The van der Waals surface area contributed by atoms with Crippen molar-refractivity contribution in [1.82, 2.24) is 9.78 Å². The summed E-state index contributed by atoms with van der Waals surface area (Å²) < 4.78 is 1.98. The number of carbonyl (C=O) groups is 1. The Labute approximate surface area is 100 Å². The third-order valence-corrected chi connectivity index (χ3v) is 3.41. The van der Waals surface area contributed by atoms with Crippen molar-refractivity contribution in [3.05, 3.63) is 18.0 Å². The normalized spacial score (nSPS) is 10.9. The molecule has 1 aromatic rings. The molecule has 5 heteroatoms. The fourth-order valence-electron chi connectivity index (χ4n) is 1.56. The van der Waals surface area contributed by atoms with Gasteiger partial charge < -0.3 is 5.11 Å². The zero-order valence-electron chi connectivity index (χ0n) is 9.72. The van der Waals surface area contributed by atoms with Crippen molar-refractivity contribution in [2.24, 2.45) is 0 Å². The zero-order chi connectivity index (χ0) is 12.0. The van der Waals surface area contributed by atoms with Crippen LogP contribution >= 0.6 is 11.8 Å². The van der Waals surface area contributed by atoms with E-state index in [4.69, 9.17) is 5.11 Å². The molecule has 16 heavy (non-hydrogen) atoms. The van der Waals surface area contributed by atoms with Crippen molar-refractivity contribution < 1.29 is 9.90 Å². The van der Waals surface area contributed by atoms with E-state index in [0.29, 0.717) is 11.8 Å². The van der Waals surface area contributed by atoms with Gasteiger partial charge in [0, 0.05) is 11.9 Å². The van der Waals surface area contributed by atoms with E-state index >= 15 is 0 Å². The maximum Gasteiger partial charge on any atom is 0.313 e. The van der Waals surface area contributed by atoms with Crippen molar-refractivity contribution in [3.8, 4) is 0 Å². The number of aromatic nitrogens is 2. The second-order valence-corrected chi connectivity index (χ2v) is 4.63. The maximum absolute atomic E-state index is 10.3. The van der Waals surface area contributed by atoms with Crippen molar-refractivity contribution in [2.75, 3.05) is 5.75 Å². The summed E-state index contributed by atoms with van der Waals surface area (Å²) in [6.07, 6.45) is 4.12. The highest BCUT2D eigenvalue weighted by Gasteiger charge is 2.08. The van der Waals surface area contributed by atoms with Gasteiger partial charge in [0.25, 0.3) is 0 Å². The average molecular weight is 242 g/mol. The second kappa shape index (κ2) is 6.58. The molecule has 1 N–H and O–H groups in total. The van der Waals surface area contributed by atoms with Crippen LogP contribution in [0.15, 0.2) is 12.3 Å². The smallest absolute Gasteiger partial charge is 0.313 e. The topological polar surface area (TPSA) is 55.1 Å². The van der Waals surface area contributed by atoms with Crippen molar-refractivity contribution in [3.63, 3.8) is 0 Å². The lowest BCUT2D eigenvalue weighted by molar-refractivity contribution is -0.133. The van der Waals surface area contributed by atoms with E-state index in [1.165, 1.54) is 11.8 Å². The molecule has 1 aromatic heterocycles. The molecule has 0 amide bonds. The van der Waals surface area contributed by atoms with Crippen LogP contribution in [0.4, 0.5) is 0 Å². The van der Waals surface area contributed by atoms with Gasteiger partial charge in [-0.1, -0.05) is 13.8 Å². The van der Waals surface area contributed by atoms with Crippen LogP contribution in [-0.2, 0) is 10.5 Å². The Hall–Kier alpha value is -0.970. The Bertz CT molecular complexity index is 334. The third-order valence-electron chi connectivity index (χ3n) is 2.46. The fraction of sp³-hybridized carbons (Fsp3) is 0.636. The number of carboxylic acids is 1. The van der Waals surface area contributed by atoms with E-state index in [-0.39, 0.29) is 5.75 Å². The van der Waals surface area contributed by atoms with Gasteiger partial charge in [-0.25, -0.2) is 0 Å². The molecule has 0 fully saturated rings. The first kappa shape index (κ1) is 13.1. The summed E-state index contributed by atoms with van der Waals surface area (Å²) in [6.45, 7) is 4.30. The molecule has 4 nitrogen and oxygen atoms in total. The van der Waals surface area contributed by atoms with E-state index in [2.05, 4.69) is 18.9 Å². The number of carboxylic acid groups (broad SMARTS) is 1. The lowest BCUT2D eigenvalue weighted by Crippen LogP contribution is -2.07. The van der Waals surface area contributed by atoms with E-state index in [9.17, 15) is 4.79 Å². The minimum Gasteiger partial charge on any atom is -0.481 e. The maximum atomic E-state index is 10.3. The quantitative estimate of drug-likeness (QED) is 0.798. The van der Waals surface area contributed by atoms with Gasteiger partial charge in [-0.05, 0) is 18.9 Å². The largest absolute Gasteiger partial charge is 0.481 e. The Morgan fingerprint density at radius 3 is 2.81 bits per heavy atom. The van der Waals surface area contributed by atoms with Gasteiger partial charge in [0.2, 0.25) is 0 Å². The van der Waals surface area contributed by atoms with Crippen LogP contribution < -0.4 is 0 Å². The lowest BCUT2D eigenvalue weighted by Gasteiger charge is -2.12. The summed E-state index contributed by atoms with van der Waals surface area (Å²) in [7, 11) is 0. The number of nitrogens with zero attached hydrogens (tertiary/aromatic N) is 2. The van der Waals surface area contributed by atoms with E-state index < -0.39 is 5.97 Å². The Morgan fingerprint density at radius 1 is 1.56 bits per heavy atom. The number of aliphatic carboxylic acids is 1. The summed E-state index contributed by atoms with van der Waals surface area (Å²) in [5.41, 5.74) is 0.957. The van der Waals surface area contributed by atoms with Crippen molar-refractivity contribution >= 4 is 17.7 Å².